The fraction of sp³-hybridized carbons (Fsp3) is 0.333. The molecule has 0 radical (unpaired) electrons. The van der Waals surface area contributed by atoms with E-state index in [9.17, 15) is 9.59 Å². The van der Waals surface area contributed by atoms with Crippen molar-refractivity contribution in [3.63, 3.8) is 0 Å². The highest BCUT2D eigenvalue weighted by Crippen LogP contribution is 2.31. The van der Waals surface area contributed by atoms with Gasteiger partial charge in [0.25, 0.3) is 0 Å². The van der Waals surface area contributed by atoms with Crippen LogP contribution >= 0.6 is 0 Å². The molecule has 3 aromatic rings. The van der Waals surface area contributed by atoms with Crippen molar-refractivity contribution in [1.29, 1.82) is 0 Å². The second kappa shape index (κ2) is 8.11. The van der Waals surface area contributed by atoms with Gasteiger partial charge in [0.2, 0.25) is 5.91 Å². The Morgan fingerprint density at radius 3 is 2.55 bits per heavy atom. The van der Waals surface area contributed by atoms with Gasteiger partial charge in [-0.05, 0) is 61.1 Å². The third-order valence-corrected chi connectivity index (χ3v) is 5.24. The first-order valence-electron chi connectivity index (χ1n) is 9.73. The van der Waals surface area contributed by atoms with Crippen molar-refractivity contribution in [2.45, 2.75) is 47.0 Å². The van der Waals surface area contributed by atoms with Crippen LogP contribution in [0, 0.1) is 20.8 Å². The summed E-state index contributed by atoms with van der Waals surface area (Å²) in [5.74, 6) is 0.649. The minimum Gasteiger partial charge on any atom is -0.496 e. The SMILES string of the molecule is COc1cc(C)cc2oc(=O)c(CC(=O)Nc3c(C)cccc3C(C)C)c(C)c12. The highest BCUT2D eigenvalue weighted by atomic mass is 16.5. The molecule has 1 amide bonds. The molecule has 1 N–H and O–H groups in total. The molecular weight excluding hydrogens is 366 g/mol. The molecular formula is C24H27NO4. The number of carbonyl (C=O) groups is 1. The lowest BCUT2D eigenvalue weighted by Gasteiger charge is -2.17. The van der Waals surface area contributed by atoms with Gasteiger partial charge in [0.15, 0.2) is 0 Å². The average Bonchev–Trinajstić information content (AvgIpc) is 2.65. The van der Waals surface area contributed by atoms with E-state index in [0.717, 1.165) is 27.8 Å². The maximum absolute atomic E-state index is 12.8. The lowest BCUT2D eigenvalue weighted by atomic mass is 9.97. The molecule has 5 nitrogen and oxygen atoms in total. The molecule has 0 aliphatic heterocycles. The summed E-state index contributed by atoms with van der Waals surface area (Å²) in [5.41, 5.74) is 4.82. The van der Waals surface area contributed by atoms with Gasteiger partial charge in [0, 0.05) is 5.69 Å². The quantitative estimate of drug-likeness (QED) is 0.617. The molecule has 0 aliphatic carbocycles. The summed E-state index contributed by atoms with van der Waals surface area (Å²) in [5, 5.41) is 3.72. The van der Waals surface area contributed by atoms with Crippen LogP contribution in [0.1, 0.15) is 47.6 Å². The van der Waals surface area contributed by atoms with Crippen molar-refractivity contribution < 1.29 is 13.9 Å². The third kappa shape index (κ3) is 4.04. The fourth-order valence-electron chi connectivity index (χ4n) is 3.69. The highest BCUT2D eigenvalue weighted by Gasteiger charge is 2.19. The number of hydrogen-bond acceptors (Lipinski definition) is 4. The summed E-state index contributed by atoms with van der Waals surface area (Å²) < 4.78 is 11.0. The number of ether oxygens (including phenoxy) is 1. The molecule has 0 bridgehead atoms. The van der Waals surface area contributed by atoms with Crippen molar-refractivity contribution in [1.82, 2.24) is 0 Å². The zero-order chi connectivity index (χ0) is 21.3. The van der Waals surface area contributed by atoms with Crippen LogP contribution in [0.2, 0.25) is 0 Å². The van der Waals surface area contributed by atoms with Crippen LogP contribution in [0.3, 0.4) is 0 Å². The molecule has 0 atom stereocenters. The molecule has 5 heteroatoms. The zero-order valence-electron chi connectivity index (χ0n) is 17.8. The Bertz CT molecular complexity index is 1140. The Kier molecular flexibility index (Phi) is 5.78. The molecule has 0 aliphatic rings. The van der Waals surface area contributed by atoms with Gasteiger partial charge < -0.3 is 14.5 Å². The average molecular weight is 393 g/mol. The Labute approximate surface area is 170 Å². The van der Waals surface area contributed by atoms with Crippen molar-refractivity contribution >= 4 is 22.6 Å². The predicted molar refractivity (Wildman–Crippen MR) is 116 cm³/mol. The topological polar surface area (TPSA) is 68.5 Å². The first-order valence-corrected chi connectivity index (χ1v) is 9.73. The first kappa shape index (κ1) is 20.6. The normalized spacial score (nSPS) is 11.1. The summed E-state index contributed by atoms with van der Waals surface area (Å²) in [6.07, 6.45) is -0.0625. The largest absolute Gasteiger partial charge is 0.496 e. The minimum atomic E-state index is -0.494. The summed E-state index contributed by atoms with van der Waals surface area (Å²) in [6.45, 7) is 9.87. The van der Waals surface area contributed by atoms with Crippen LogP contribution in [-0.4, -0.2) is 13.0 Å². The molecule has 0 spiro atoms. The number of anilines is 1. The monoisotopic (exact) mass is 393 g/mol. The molecule has 0 fully saturated rings. The van der Waals surface area contributed by atoms with E-state index in [1.807, 2.05) is 45.0 Å². The zero-order valence-corrected chi connectivity index (χ0v) is 17.8. The van der Waals surface area contributed by atoms with Crippen molar-refractivity contribution in [2.24, 2.45) is 0 Å². The summed E-state index contributed by atoms with van der Waals surface area (Å²) in [6, 6.07) is 9.65. The van der Waals surface area contributed by atoms with Crippen LogP contribution in [0.4, 0.5) is 5.69 Å². The van der Waals surface area contributed by atoms with E-state index < -0.39 is 5.63 Å². The summed E-state index contributed by atoms with van der Waals surface area (Å²) in [7, 11) is 1.58. The van der Waals surface area contributed by atoms with E-state index in [1.54, 1.807) is 13.2 Å². The Morgan fingerprint density at radius 1 is 1.17 bits per heavy atom. The van der Waals surface area contributed by atoms with Gasteiger partial charge in [0.1, 0.15) is 11.3 Å². The summed E-state index contributed by atoms with van der Waals surface area (Å²) >= 11 is 0. The second-order valence-electron chi connectivity index (χ2n) is 7.75. The number of carbonyl (C=O) groups excluding carboxylic acids is 1. The molecule has 152 valence electrons. The van der Waals surface area contributed by atoms with E-state index in [4.69, 9.17) is 9.15 Å². The number of hydrogen-bond donors (Lipinski definition) is 1. The van der Waals surface area contributed by atoms with Crippen LogP contribution in [0.25, 0.3) is 11.0 Å². The molecule has 29 heavy (non-hydrogen) atoms. The van der Waals surface area contributed by atoms with E-state index in [-0.39, 0.29) is 18.2 Å². The smallest absolute Gasteiger partial charge is 0.340 e. The highest BCUT2D eigenvalue weighted by molar-refractivity contribution is 5.95. The van der Waals surface area contributed by atoms with Crippen molar-refractivity contribution in [3.8, 4) is 5.75 Å². The Morgan fingerprint density at radius 2 is 1.90 bits per heavy atom. The van der Waals surface area contributed by atoms with Gasteiger partial charge in [-0.2, -0.15) is 0 Å². The maximum atomic E-state index is 12.8. The van der Waals surface area contributed by atoms with E-state index in [2.05, 4.69) is 19.2 Å². The third-order valence-electron chi connectivity index (χ3n) is 5.24. The standard InChI is InChI=1S/C24H27NO4/c1-13(2)17-9-7-8-15(4)23(17)25-21(26)12-18-16(5)22-19(28-6)10-14(3)11-20(22)29-24(18)27/h7-11,13H,12H2,1-6H3,(H,25,26). The molecule has 3 rings (SSSR count). The Hall–Kier alpha value is -3.08. The maximum Gasteiger partial charge on any atom is 0.340 e. The molecule has 0 saturated heterocycles. The molecule has 0 unspecified atom stereocenters. The molecule has 2 aromatic carbocycles. The number of nitrogens with one attached hydrogen (secondary N) is 1. The van der Waals surface area contributed by atoms with Gasteiger partial charge in [0.05, 0.1) is 24.5 Å². The van der Waals surface area contributed by atoms with Crippen LogP contribution in [-0.2, 0) is 11.2 Å². The van der Waals surface area contributed by atoms with Gasteiger partial charge in [-0.1, -0.05) is 32.0 Å². The number of para-hydroxylation sites is 1. The second-order valence-corrected chi connectivity index (χ2v) is 7.75. The minimum absolute atomic E-state index is 0.0625. The van der Waals surface area contributed by atoms with Crippen LogP contribution in [0.15, 0.2) is 39.5 Å². The molecule has 0 saturated carbocycles. The van der Waals surface area contributed by atoms with Crippen LogP contribution < -0.4 is 15.7 Å². The van der Waals surface area contributed by atoms with Crippen LogP contribution in [0.5, 0.6) is 5.75 Å². The van der Waals surface area contributed by atoms with E-state index in [0.29, 0.717) is 22.5 Å². The number of benzene rings is 2. The van der Waals surface area contributed by atoms with Gasteiger partial charge in [-0.15, -0.1) is 0 Å². The summed E-state index contributed by atoms with van der Waals surface area (Å²) in [4.78, 5) is 25.4. The van der Waals surface area contributed by atoms with E-state index >= 15 is 0 Å². The predicted octanol–water partition coefficient (Wildman–Crippen LogP) is 5.03. The lowest BCUT2D eigenvalue weighted by molar-refractivity contribution is -0.115. The number of methoxy groups -OCH3 is 1. The van der Waals surface area contributed by atoms with Gasteiger partial charge in [-0.3, -0.25) is 4.79 Å². The molecule has 1 aromatic heterocycles. The number of amides is 1. The lowest BCUT2D eigenvalue weighted by Crippen LogP contribution is -2.22. The van der Waals surface area contributed by atoms with Gasteiger partial charge in [-0.25, -0.2) is 4.79 Å². The number of fused-ring (bicyclic) bond motifs is 1. The van der Waals surface area contributed by atoms with Crippen molar-refractivity contribution in [2.75, 3.05) is 12.4 Å². The van der Waals surface area contributed by atoms with E-state index in [1.165, 1.54) is 0 Å². The number of rotatable bonds is 5. The number of aryl methyl sites for hydroxylation is 3. The Balaban J connectivity index is 2.00. The molecule has 1 heterocycles. The first-order chi connectivity index (χ1) is 13.7. The van der Waals surface area contributed by atoms with Gasteiger partial charge >= 0.3 is 5.63 Å². The fourth-order valence-corrected chi connectivity index (χ4v) is 3.69. The van der Waals surface area contributed by atoms with Crippen molar-refractivity contribution in [3.05, 3.63) is 68.6 Å².